The molecule has 1 N–H and O–H groups in total. The molecule has 0 radical (unpaired) electrons. The van der Waals surface area contributed by atoms with Gasteiger partial charge in [0.05, 0.1) is 18.7 Å². The van der Waals surface area contributed by atoms with Crippen LogP contribution in [0.25, 0.3) is 10.9 Å². The minimum absolute atomic E-state index is 0. The lowest BCUT2D eigenvalue weighted by molar-refractivity contribution is -0.146. The highest BCUT2D eigenvalue weighted by Crippen LogP contribution is 2.32. The number of aromatic nitrogens is 1. The Balaban J connectivity index is 0.000000228. The molecule has 0 bridgehead atoms. The van der Waals surface area contributed by atoms with Gasteiger partial charge in [-0.25, -0.2) is 9.59 Å². The van der Waals surface area contributed by atoms with Gasteiger partial charge >= 0.3 is 18.2 Å². The molecule has 3 heterocycles. The third-order valence-electron chi connectivity index (χ3n) is 8.55. The fourth-order valence-corrected chi connectivity index (χ4v) is 6.49. The molecule has 2 aliphatic rings. The summed E-state index contributed by atoms with van der Waals surface area (Å²) < 4.78 is 16.4. The van der Waals surface area contributed by atoms with Crippen LogP contribution in [-0.2, 0) is 37.0 Å². The van der Waals surface area contributed by atoms with Crippen molar-refractivity contribution in [2.24, 2.45) is 0 Å². The van der Waals surface area contributed by atoms with Crippen LogP contribution < -0.4 is 5.43 Å². The molecule has 51 heavy (non-hydrogen) atoms. The van der Waals surface area contributed by atoms with Crippen molar-refractivity contribution in [2.45, 2.75) is 64.3 Å². The number of H-pyrrole nitrogens is 1. The molecular weight excluding hydrogens is 738 g/mol. The molecule has 0 spiro atoms. The number of aromatic amines is 1. The molecule has 0 saturated carbocycles. The molecule has 3 aromatic carbocycles. The highest BCUT2D eigenvalue weighted by molar-refractivity contribution is 9.10. The minimum Gasteiger partial charge on any atom is -0.466 e. The van der Waals surface area contributed by atoms with Crippen molar-refractivity contribution in [1.29, 1.82) is 0 Å². The van der Waals surface area contributed by atoms with Gasteiger partial charge in [-0.2, -0.15) is 13.5 Å². The predicted octanol–water partition coefficient (Wildman–Crippen LogP) is 7.19. The average Bonchev–Trinajstić information content (AvgIpc) is 3.82. The van der Waals surface area contributed by atoms with Gasteiger partial charge in [0.1, 0.15) is 19.6 Å². The zero-order valence-electron chi connectivity index (χ0n) is 28.3. The monoisotopic (exact) mass is 779 g/mol. The predicted molar refractivity (Wildman–Crippen MR) is 201 cm³/mol. The summed E-state index contributed by atoms with van der Waals surface area (Å²) >= 11 is 3.39. The van der Waals surface area contributed by atoms with Crippen molar-refractivity contribution in [3.63, 3.8) is 0 Å². The minimum atomic E-state index is -0.595. The number of fused-ring (bicyclic) bond motifs is 1. The molecule has 0 aliphatic carbocycles. The number of amides is 2. The molecule has 13 heteroatoms. The van der Waals surface area contributed by atoms with Crippen molar-refractivity contribution >= 4 is 64.3 Å². The molecular formula is C38H42BrN3O8S. The summed E-state index contributed by atoms with van der Waals surface area (Å²) in [6, 6.07) is 25.3. The van der Waals surface area contributed by atoms with E-state index >= 15 is 0 Å². The smallest absolute Gasteiger partial charge is 0.410 e. The number of nitrogens with one attached hydrogen (secondary N) is 1. The van der Waals surface area contributed by atoms with E-state index in [-0.39, 0.29) is 63.1 Å². The molecule has 2 atom stereocenters. The Kier molecular flexibility index (Phi) is 14.7. The normalized spacial score (nSPS) is 16.4. The number of Topliss-reactive ketones (excluding diaryl/α,β-unsaturated/α-hetero) is 1. The molecule has 2 amide bonds. The second-order valence-corrected chi connectivity index (χ2v) is 12.9. The summed E-state index contributed by atoms with van der Waals surface area (Å²) in [6.45, 7) is 3.41. The Labute approximate surface area is 311 Å². The number of benzene rings is 3. The Morgan fingerprint density at radius 2 is 1.37 bits per heavy atom. The van der Waals surface area contributed by atoms with E-state index in [1.807, 2.05) is 72.8 Å². The number of esters is 1. The summed E-state index contributed by atoms with van der Waals surface area (Å²) in [7, 11) is 0. The first kappa shape index (κ1) is 39.2. The molecule has 2 fully saturated rings. The highest BCUT2D eigenvalue weighted by atomic mass is 79.9. The van der Waals surface area contributed by atoms with Crippen LogP contribution in [0.15, 0.2) is 94.2 Å². The second-order valence-electron chi connectivity index (χ2n) is 12.0. The van der Waals surface area contributed by atoms with Gasteiger partial charge in [-0.1, -0.05) is 76.6 Å². The third-order valence-corrected chi connectivity index (χ3v) is 9.05. The van der Waals surface area contributed by atoms with Crippen molar-refractivity contribution in [3.8, 4) is 0 Å². The number of carbonyl (C=O) groups is 4. The third kappa shape index (κ3) is 10.7. The Morgan fingerprint density at radius 3 is 2.00 bits per heavy atom. The van der Waals surface area contributed by atoms with Gasteiger partial charge in [0, 0.05) is 40.2 Å². The number of hydrogen-bond donors (Lipinski definition) is 1. The number of ether oxygens (including phenoxy) is 3. The van der Waals surface area contributed by atoms with Crippen molar-refractivity contribution in [3.05, 3.63) is 116 Å². The lowest BCUT2D eigenvalue weighted by Gasteiger charge is -2.24. The van der Waals surface area contributed by atoms with E-state index in [1.54, 1.807) is 24.0 Å². The molecule has 1 aromatic heterocycles. The number of carbonyl (C=O) groups excluding carboxylic acids is 4. The number of halogens is 1. The van der Waals surface area contributed by atoms with Crippen LogP contribution in [0.5, 0.6) is 0 Å². The molecule has 6 rings (SSSR count). The van der Waals surface area contributed by atoms with Gasteiger partial charge in [-0.3, -0.25) is 24.2 Å². The van der Waals surface area contributed by atoms with E-state index in [1.165, 1.54) is 4.90 Å². The average molecular weight is 781 g/mol. The first-order valence-corrected chi connectivity index (χ1v) is 17.5. The van der Waals surface area contributed by atoms with Crippen molar-refractivity contribution < 1.29 is 33.4 Å². The highest BCUT2D eigenvalue weighted by Gasteiger charge is 2.36. The SMILES string of the molecule is CCOC(=O)CC(=O)[C@@H]1CCCN1C(=O)OCc1ccccc1.O=C(OCc1ccccc1)N1CCCC1c1cc(=O)c2cc(Br)ccc2[nH]1.S. The molecule has 11 nitrogen and oxygen atoms in total. The number of rotatable bonds is 9. The van der Waals surface area contributed by atoms with Gasteiger partial charge in [-0.15, -0.1) is 0 Å². The van der Waals surface area contributed by atoms with Crippen LogP contribution in [0.2, 0.25) is 0 Å². The van der Waals surface area contributed by atoms with E-state index in [0.717, 1.165) is 46.1 Å². The van der Waals surface area contributed by atoms with E-state index < -0.39 is 18.1 Å². The summed E-state index contributed by atoms with van der Waals surface area (Å²) in [5.41, 5.74) is 3.31. The molecule has 2 aliphatic heterocycles. The van der Waals surface area contributed by atoms with Crippen LogP contribution in [0.1, 0.15) is 61.9 Å². The zero-order valence-corrected chi connectivity index (χ0v) is 30.9. The fraction of sp³-hybridized carbons (Fsp3) is 0.342. The lowest BCUT2D eigenvalue weighted by Crippen LogP contribution is -2.41. The van der Waals surface area contributed by atoms with Crippen LogP contribution in [0, 0.1) is 0 Å². The van der Waals surface area contributed by atoms with Crippen LogP contribution in [0.3, 0.4) is 0 Å². The van der Waals surface area contributed by atoms with Crippen LogP contribution in [0.4, 0.5) is 9.59 Å². The summed E-state index contributed by atoms with van der Waals surface area (Å²) in [5, 5.41) is 0.629. The van der Waals surface area contributed by atoms with Gasteiger partial charge in [0.15, 0.2) is 11.2 Å². The topological polar surface area (TPSA) is 135 Å². The fourth-order valence-electron chi connectivity index (χ4n) is 6.12. The van der Waals surface area contributed by atoms with Gasteiger partial charge < -0.3 is 19.2 Å². The number of pyridine rings is 1. The maximum atomic E-state index is 12.6. The maximum Gasteiger partial charge on any atom is 0.410 e. The summed E-state index contributed by atoms with van der Waals surface area (Å²) in [4.78, 5) is 67.3. The summed E-state index contributed by atoms with van der Waals surface area (Å²) in [6.07, 6.45) is 1.79. The number of hydrogen-bond acceptors (Lipinski definition) is 8. The Hall–Kier alpha value is -4.62. The number of ketones is 1. The van der Waals surface area contributed by atoms with E-state index in [9.17, 15) is 24.0 Å². The van der Waals surface area contributed by atoms with Gasteiger partial charge in [-0.05, 0) is 61.9 Å². The molecule has 4 aromatic rings. The standard InChI is InChI=1S/C21H19BrN2O3.C17H21NO5.H2S/c22-15-8-9-17-16(11-15)20(25)12-18(23-17)19-7-4-10-24(19)21(26)27-13-14-5-2-1-3-6-14;1-2-22-16(20)11-15(19)14-9-6-10-18(14)17(21)23-12-13-7-4-3-5-8-13;/h1-3,5-6,8-9,11-12,19H,4,7,10,13H2,(H,23,25);3-5,7-8,14H,2,6,9-12H2,1H3;1H2/t;14-;/m.0./s1. The summed E-state index contributed by atoms with van der Waals surface area (Å²) in [5.74, 6) is -0.848. The molecule has 1 unspecified atom stereocenters. The van der Waals surface area contributed by atoms with Crippen LogP contribution in [-0.4, -0.2) is 64.5 Å². The van der Waals surface area contributed by atoms with E-state index in [4.69, 9.17) is 14.2 Å². The number of likely N-dealkylation sites (tertiary alicyclic amines) is 2. The molecule has 270 valence electrons. The maximum absolute atomic E-state index is 12.6. The Bertz CT molecular complexity index is 1860. The van der Waals surface area contributed by atoms with Gasteiger partial charge in [0.2, 0.25) is 0 Å². The second kappa shape index (κ2) is 19.1. The first-order valence-electron chi connectivity index (χ1n) is 16.7. The largest absolute Gasteiger partial charge is 0.466 e. The van der Waals surface area contributed by atoms with Crippen molar-refractivity contribution in [2.75, 3.05) is 19.7 Å². The van der Waals surface area contributed by atoms with Gasteiger partial charge in [0.25, 0.3) is 0 Å². The van der Waals surface area contributed by atoms with E-state index in [0.29, 0.717) is 24.9 Å². The quantitative estimate of drug-likeness (QED) is 0.107. The van der Waals surface area contributed by atoms with Crippen LogP contribution >= 0.6 is 29.4 Å². The zero-order chi connectivity index (χ0) is 35.5. The van der Waals surface area contributed by atoms with Crippen molar-refractivity contribution in [1.82, 2.24) is 14.8 Å². The first-order chi connectivity index (χ1) is 24.2. The van der Waals surface area contributed by atoms with E-state index in [2.05, 4.69) is 20.9 Å². The lowest BCUT2D eigenvalue weighted by atomic mass is 10.1. The number of nitrogens with zero attached hydrogens (tertiary/aromatic N) is 2. The molecule has 2 saturated heterocycles. The Morgan fingerprint density at radius 1 is 0.784 bits per heavy atom.